The van der Waals surface area contributed by atoms with Gasteiger partial charge in [-0.05, 0) is 29.2 Å². The van der Waals surface area contributed by atoms with E-state index in [4.69, 9.17) is 23.2 Å². The second-order valence-electron chi connectivity index (χ2n) is 5.54. The first-order chi connectivity index (χ1) is 11.5. The van der Waals surface area contributed by atoms with Gasteiger partial charge in [0.15, 0.2) is 11.5 Å². The van der Waals surface area contributed by atoms with E-state index in [-0.39, 0.29) is 22.5 Å². The molecule has 124 valence electrons. The Bertz CT molecular complexity index is 819. The summed E-state index contributed by atoms with van der Waals surface area (Å²) >= 11 is 12.2. The van der Waals surface area contributed by atoms with Gasteiger partial charge in [0, 0.05) is 19.2 Å². The van der Waals surface area contributed by atoms with Crippen LogP contribution >= 0.6 is 23.2 Å². The first-order valence-corrected chi connectivity index (χ1v) is 8.17. The zero-order valence-electron chi connectivity index (χ0n) is 12.7. The zero-order chi connectivity index (χ0) is 17.3. The maximum atomic E-state index is 12.4. The van der Waals surface area contributed by atoms with Crippen molar-refractivity contribution in [1.82, 2.24) is 4.90 Å². The molecular weight excluding hydrogens is 349 g/mol. The summed E-state index contributed by atoms with van der Waals surface area (Å²) in [6, 6.07) is 9.53. The summed E-state index contributed by atoms with van der Waals surface area (Å²) in [5.74, 6) is -1.01. The van der Waals surface area contributed by atoms with Gasteiger partial charge in [-0.15, -0.1) is 0 Å². The van der Waals surface area contributed by atoms with Crippen LogP contribution < -0.4 is 0 Å². The van der Waals surface area contributed by atoms with Gasteiger partial charge in [-0.2, -0.15) is 0 Å². The lowest BCUT2D eigenvalue weighted by Crippen LogP contribution is -2.35. The Balaban J connectivity index is 1.82. The van der Waals surface area contributed by atoms with Crippen molar-refractivity contribution >= 4 is 35.2 Å². The number of carbonyl (C=O) groups is 1. The molecule has 1 amide bonds. The van der Waals surface area contributed by atoms with Crippen LogP contribution in [0.25, 0.3) is 6.08 Å². The molecule has 0 saturated carbocycles. The van der Waals surface area contributed by atoms with Gasteiger partial charge in [0.05, 0.1) is 10.0 Å². The highest BCUT2D eigenvalue weighted by atomic mass is 35.5. The normalized spacial score (nSPS) is 14.0. The average molecular weight is 364 g/mol. The monoisotopic (exact) mass is 363 g/mol. The number of hydrogen-bond acceptors (Lipinski definition) is 3. The molecule has 6 heteroatoms. The maximum absolute atomic E-state index is 12.4. The average Bonchev–Trinajstić information content (AvgIpc) is 2.63. The van der Waals surface area contributed by atoms with Crippen molar-refractivity contribution in [3.05, 3.63) is 63.1 Å². The van der Waals surface area contributed by atoms with Crippen LogP contribution in [-0.2, 0) is 17.8 Å². The lowest BCUT2D eigenvalue weighted by Gasteiger charge is -2.30. The largest absolute Gasteiger partial charge is 0.503 e. The summed E-state index contributed by atoms with van der Waals surface area (Å²) < 4.78 is 0. The van der Waals surface area contributed by atoms with Crippen molar-refractivity contribution in [2.45, 2.75) is 13.0 Å². The van der Waals surface area contributed by atoms with E-state index in [0.717, 1.165) is 5.56 Å². The Morgan fingerprint density at radius 1 is 1.04 bits per heavy atom. The van der Waals surface area contributed by atoms with Gasteiger partial charge in [-0.25, -0.2) is 0 Å². The summed E-state index contributed by atoms with van der Waals surface area (Å²) in [5, 5.41) is 19.7. The highest BCUT2D eigenvalue weighted by Gasteiger charge is 2.27. The highest BCUT2D eigenvalue weighted by Crippen LogP contribution is 2.46. The number of aromatic hydroxyl groups is 2. The fraction of sp³-hybridized carbons (Fsp3) is 0.167. The third-order valence-electron chi connectivity index (χ3n) is 4.04. The molecule has 0 saturated heterocycles. The van der Waals surface area contributed by atoms with Gasteiger partial charge in [-0.3, -0.25) is 4.79 Å². The smallest absolute Gasteiger partial charge is 0.246 e. The van der Waals surface area contributed by atoms with Crippen molar-refractivity contribution in [2.24, 2.45) is 0 Å². The van der Waals surface area contributed by atoms with Crippen LogP contribution in [0.5, 0.6) is 11.5 Å². The Kier molecular flexibility index (Phi) is 4.69. The molecule has 4 nitrogen and oxygen atoms in total. The number of phenols is 2. The first-order valence-electron chi connectivity index (χ1n) is 7.41. The number of phenolic OH excluding ortho intramolecular Hbond substituents is 2. The summed E-state index contributed by atoms with van der Waals surface area (Å²) in [5.41, 5.74) is 2.18. The maximum Gasteiger partial charge on any atom is 0.246 e. The van der Waals surface area contributed by atoms with Gasteiger partial charge in [-0.1, -0.05) is 53.5 Å². The van der Waals surface area contributed by atoms with Gasteiger partial charge in [0.25, 0.3) is 0 Å². The van der Waals surface area contributed by atoms with Gasteiger partial charge >= 0.3 is 0 Å². The van der Waals surface area contributed by atoms with Crippen molar-refractivity contribution in [1.29, 1.82) is 0 Å². The third-order valence-corrected chi connectivity index (χ3v) is 4.86. The molecule has 0 unspecified atom stereocenters. The number of benzene rings is 2. The number of hydrogen-bond donors (Lipinski definition) is 2. The molecule has 1 heterocycles. The van der Waals surface area contributed by atoms with E-state index in [0.29, 0.717) is 24.1 Å². The minimum atomic E-state index is -0.449. The van der Waals surface area contributed by atoms with E-state index >= 15 is 0 Å². The van der Waals surface area contributed by atoms with Crippen molar-refractivity contribution in [2.75, 3.05) is 6.54 Å². The SMILES string of the molecule is O=C(C=Cc1ccccc1)N1CCc2c(Cl)c(O)c(O)c(Cl)c2C1. The Morgan fingerprint density at radius 3 is 2.33 bits per heavy atom. The third kappa shape index (κ3) is 3.07. The molecule has 0 radical (unpaired) electrons. The standard InChI is InChI=1S/C18H15Cl2NO3/c19-15-12-8-9-21(10-13(12)16(20)18(24)17(15)23)14(22)7-6-11-4-2-1-3-5-11/h1-7,23-24H,8-10H2. The first kappa shape index (κ1) is 16.7. The molecule has 0 bridgehead atoms. The van der Waals surface area contributed by atoms with Crippen LogP contribution in [-0.4, -0.2) is 27.6 Å². The van der Waals surface area contributed by atoms with Gasteiger partial charge in [0.1, 0.15) is 0 Å². The Hall–Kier alpha value is -2.17. The van der Waals surface area contributed by atoms with E-state index in [1.165, 1.54) is 6.08 Å². The quantitative estimate of drug-likeness (QED) is 0.626. The second-order valence-corrected chi connectivity index (χ2v) is 6.29. The molecule has 0 aliphatic carbocycles. The lowest BCUT2D eigenvalue weighted by molar-refractivity contribution is -0.126. The minimum absolute atomic E-state index is 0.0384. The minimum Gasteiger partial charge on any atom is -0.503 e. The molecule has 0 atom stereocenters. The van der Waals surface area contributed by atoms with Crippen LogP contribution in [0.1, 0.15) is 16.7 Å². The van der Waals surface area contributed by atoms with E-state index in [1.54, 1.807) is 11.0 Å². The number of rotatable bonds is 2. The van der Waals surface area contributed by atoms with Gasteiger partial charge in [0.2, 0.25) is 5.91 Å². The highest BCUT2D eigenvalue weighted by molar-refractivity contribution is 6.36. The summed E-state index contributed by atoms with van der Waals surface area (Å²) in [6.07, 6.45) is 3.73. The molecule has 1 aliphatic heterocycles. The fourth-order valence-electron chi connectivity index (χ4n) is 2.73. The molecule has 2 N–H and O–H groups in total. The van der Waals surface area contributed by atoms with Gasteiger partial charge < -0.3 is 15.1 Å². The summed E-state index contributed by atoms with van der Waals surface area (Å²) in [7, 11) is 0. The number of fused-ring (bicyclic) bond motifs is 1. The van der Waals surface area contributed by atoms with E-state index in [9.17, 15) is 15.0 Å². The fourth-order valence-corrected chi connectivity index (χ4v) is 3.29. The van der Waals surface area contributed by atoms with Crippen LogP contribution in [0.15, 0.2) is 36.4 Å². The number of amides is 1. The van der Waals surface area contributed by atoms with E-state index in [1.807, 2.05) is 30.3 Å². The number of nitrogens with zero attached hydrogens (tertiary/aromatic N) is 1. The van der Waals surface area contributed by atoms with Crippen molar-refractivity contribution in [3.63, 3.8) is 0 Å². The summed E-state index contributed by atoms with van der Waals surface area (Å²) in [6.45, 7) is 0.699. The molecule has 2 aromatic rings. The molecule has 2 aromatic carbocycles. The predicted octanol–water partition coefficient (Wildman–Crippen LogP) is 4.00. The van der Waals surface area contributed by atoms with Crippen LogP contribution in [0.4, 0.5) is 0 Å². The van der Waals surface area contributed by atoms with Crippen molar-refractivity contribution < 1.29 is 15.0 Å². The second kappa shape index (κ2) is 6.75. The lowest BCUT2D eigenvalue weighted by atomic mass is 9.98. The number of halogens is 2. The van der Waals surface area contributed by atoms with E-state index in [2.05, 4.69) is 0 Å². The van der Waals surface area contributed by atoms with E-state index < -0.39 is 11.5 Å². The van der Waals surface area contributed by atoms with Crippen LogP contribution in [0.3, 0.4) is 0 Å². The summed E-state index contributed by atoms with van der Waals surface area (Å²) in [4.78, 5) is 14.0. The Morgan fingerprint density at radius 2 is 1.67 bits per heavy atom. The molecule has 0 aromatic heterocycles. The van der Waals surface area contributed by atoms with Crippen LogP contribution in [0.2, 0.25) is 10.0 Å². The molecule has 0 spiro atoms. The molecule has 3 rings (SSSR count). The molecule has 0 fully saturated rings. The topological polar surface area (TPSA) is 60.8 Å². The predicted molar refractivity (Wildman–Crippen MR) is 94.4 cm³/mol. The van der Waals surface area contributed by atoms with Crippen LogP contribution in [0, 0.1) is 0 Å². The molecule has 24 heavy (non-hydrogen) atoms. The molecule has 1 aliphatic rings. The van der Waals surface area contributed by atoms with Crippen molar-refractivity contribution in [3.8, 4) is 11.5 Å². The Labute approximate surface area is 149 Å². The molecular formula is C18H15Cl2NO3. The number of carbonyl (C=O) groups excluding carboxylic acids is 1. The zero-order valence-corrected chi connectivity index (χ0v) is 14.2.